The molecule has 3 saturated heterocycles. The third kappa shape index (κ3) is 4.19. The van der Waals surface area contributed by atoms with E-state index in [9.17, 15) is 14.4 Å². The van der Waals surface area contributed by atoms with Crippen LogP contribution in [0.1, 0.15) is 66.4 Å². The normalized spacial score (nSPS) is 27.5. The Balaban J connectivity index is 1.20. The first-order valence-electron chi connectivity index (χ1n) is 11.9. The molecule has 3 fully saturated rings. The molecule has 8 heteroatoms. The lowest BCUT2D eigenvalue weighted by atomic mass is 9.84. The lowest BCUT2D eigenvalue weighted by Crippen LogP contribution is -2.52. The number of fused-ring (bicyclic) bond motifs is 1. The summed E-state index contributed by atoms with van der Waals surface area (Å²) in [6, 6.07) is 5.20. The van der Waals surface area contributed by atoms with Crippen LogP contribution in [0.4, 0.5) is 0 Å². The van der Waals surface area contributed by atoms with Crippen LogP contribution in [0.5, 0.6) is 0 Å². The van der Waals surface area contributed by atoms with Crippen molar-refractivity contribution < 1.29 is 19.1 Å². The van der Waals surface area contributed by atoms with Crippen molar-refractivity contribution in [2.45, 2.75) is 75.8 Å². The molecule has 0 aliphatic carbocycles. The molecule has 2 atom stereocenters. The molecule has 4 aliphatic rings. The van der Waals surface area contributed by atoms with Gasteiger partial charge in [-0.2, -0.15) is 0 Å². The summed E-state index contributed by atoms with van der Waals surface area (Å²) < 4.78 is 6.54. The Morgan fingerprint density at radius 3 is 2.78 bits per heavy atom. The van der Waals surface area contributed by atoms with Gasteiger partial charge in [0.05, 0.1) is 11.7 Å². The Labute approximate surface area is 188 Å². The molecule has 172 valence electrons. The van der Waals surface area contributed by atoms with E-state index >= 15 is 0 Å². The first-order chi connectivity index (χ1) is 15.5. The first-order valence-corrected chi connectivity index (χ1v) is 11.9. The van der Waals surface area contributed by atoms with Gasteiger partial charge in [-0.15, -0.1) is 0 Å². The number of hydrogen-bond donors (Lipinski definition) is 3. The van der Waals surface area contributed by atoms with Crippen LogP contribution in [0.2, 0.25) is 0 Å². The molecular formula is C24H32N4O4. The van der Waals surface area contributed by atoms with Crippen LogP contribution in [-0.2, 0) is 27.4 Å². The van der Waals surface area contributed by atoms with Gasteiger partial charge in [-0.25, -0.2) is 0 Å². The first kappa shape index (κ1) is 21.6. The SMILES string of the molecule is O=C1CCC(N2Cc3c(CNCC4CCCC5(CCNCC5)O4)cccc3C2=O)C(=O)N1. The number of piperidine rings is 2. The van der Waals surface area contributed by atoms with E-state index in [-0.39, 0.29) is 35.8 Å². The van der Waals surface area contributed by atoms with Crippen LogP contribution in [-0.4, -0.2) is 60.0 Å². The second kappa shape index (κ2) is 8.92. The number of amides is 3. The van der Waals surface area contributed by atoms with Gasteiger partial charge in [-0.05, 0) is 68.8 Å². The average molecular weight is 441 g/mol. The summed E-state index contributed by atoms with van der Waals surface area (Å²) >= 11 is 0. The van der Waals surface area contributed by atoms with Gasteiger partial charge in [-0.3, -0.25) is 19.7 Å². The maximum Gasteiger partial charge on any atom is 0.255 e. The predicted molar refractivity (Wildman–Crippen MR) is 118 cm³/mol. The quantitative estimate of drug-likeness (QED) is 0.596. The summed E-state index contributed by atoms with van der Waals surface area (Å²) in [5.74, 6) is -0.764. The zero-order valence-corrected chi connectivity index (χ0v) is 18.5. The standard InChI is InChI=1S/C24H32N4O4/c29-21-7-6-20(22(30)27-21)28-15-19-16(3-1-5-18(19)23(28)31)13-26-14-17-4-2-8-24(32-17)9-11-25-12-10-24/h1,3,5,17,20,25-26H,2,4,6-15H2,(H,27,29,30). The fourth-order valence-corrected chi connectivity index (χ4v) is 5.70. The third-order valence-electron chi connectivity index (χ3n) is 7.46. The van der Waals surface area contributed by atoms with Gasteiger partial charge in [0.2, 0.25) is 11.8 Å². The Bertz CT molecular complexity index is 906. The number of hydrogen-bond acceptors (Lipinski definition) is 6. The summed E-state index contributed by atoms with van der Waals surface area (Å²) in [6.07, 6.45) is 6.51. The fourth-order valence-electron chi connectivity index (χ4n) is 5.70. The number of imide groups is 1. The molecule has 8 nitrogen and oxygen atoms in total. The van der Waals surface area contributed by atoms with E-state index in [1.54, 1.807) is 4.90 Å². The highest BCUT2D eigenvalue weighted by Gasteiger charge is 2.40. The summed E-state index contributed by atoms with van der Waals surface area (Å²) in [7, 11) is 0. The van der Waals surface area contributed by atoms with Gasteiger partial charge < -0.3 is 20.3 Å². The second-order valence-corrected chi connectivity index (χ2v) is 9.54. The smallest absolute Gasteiger partial charge is 0.255 e. The molecular weight excluding hydrogens is 408 g/mol. The topological polar surface area (TPSA) is 99.8 Å². The molecule has 4 heterocycles. The maximum absolute atomic E-state index is 13.0. The highest BCUT2D eigenvalue weighted by Crippen LogP contribution is 2.35. The molecule has 2 unspecified atom stereocenters. The molecule has 0 bridgehead atoms. The van der Waals surface area contributed by atoms with Gasteiger partial charge in [0.1, 0.15) is 6.04 Å². The molecule has 4 aliphatic heterocycles. The molecule has 32 heavy (non-hydrogen) atoms. The highest BCUT2D eigenvalue weighted by atomic mass is 16.5. The van der Waals surface area contributed by atoms with Crippen molar-refractivity contribution in [2.24, 2.45) is 0 Å². The molecule has 3 N–H and O–H groups in total. The number of ether oxygens (including phenoxy) is 1. The van der Waals surface area contributed by atoms with Crippen molar-refractivity contribution in [1.82, 2.24) is 20.9 Å². The van der Waals surface area contributed by atoms with Crippen LogP contribution in [0.15, 0.2) is 18.2 Å². The van der Waals surface area contributed by atoms with Gasteiger partial charge in [-0.1, -0.05) is 12.1 Å². The average Bonchev–Trinajstić information content (AvgIpc) is 3.12. The fraction of sp³-hybridized carbons (Fsp3) is 0.625. The zero-order chi connectivity index (χ0) is 22.1. The molecule has 3 amide bonds. The largest absolute Gasteiger partial charge is 0.370 e. The van der Waals surface area contributed by atoms with Gasteiger partial charge in [0.15, 0.2) is 0 Å². The Morgan fingerprint density at radius 2 is 1.97 bits per heavy atom. The number of nitrogens with zero attached hydrogens (tertiary/aromatic N) is 1. The number of nitrogens with one attached hydrogen (secondary N) is 3. The van der Waals surface area contributed by atoms with Crippen molar-refractivity contribution in [2.75, 3.05) is 19.6 Å². The minimum absolute atomic E-state index is 0.0543. The van der Waals surface area contributed by atoms with E-state index in [0.717, 1.165) is 56.4 Å². The van der Waals surface area contributed by atoms with Crippen LogP contribution < -0.4 is 16.0 Å². The summed E-state index contributed by atoms with van der Waals surface area (Å²) in [5.41, 5.74) is 2.78. The van der Waals surface area contributed by atoms with Crippen LogP contribution in [0, 0.1) is 0 Å². The van der Waals surface area contributed by atoms with Crippen molar-refractivity contribution >= 4 is 17.7 Å². The molecule has 0 saturated carbocycles. The van der Waals surface area contributed by atoms with Crippen molar-refractivity contribution in [3.05, 3.63) is 34.9 Å². The lowest BCUT2D eigenvalue weighted by molar-refractivity contribution is -0.140. The number of carbonyl (C=O) groups excluding carboxylic acids is 3. The van der Waals surface area contributed by atoms with Crippen LogP contribution >= 0.6 is 0 Å². The van der Waals surface area contributed by atoms with E-state index in [2.05, 4.69) is 16.0 Å². The minimum Gasteiger partial charge on any atom is -0.370 e. The van der Waals surface area contributed by atoms with E-state index in [1.807, 2.05) is 18.2 Å². The van der Waals surface area contributed by atoms with Gasteiger partial charge in [0.25, 0.3) is 5.91 Å². The van der Waals surface area contributed by atoms with E-state index in [1.165, 1.54) is 6.42 Å². The number of benzene rings is 1. The molecule has 1 aromatic carbocycles. The number of carbonyl (C=O) groups is 3. The van der Waals surface area contributed by atoms with E-state index < -0.39 is 6.04 Å². The van der Waals surface area contributed by atoms with Crippen molar-refractivity contribution in [3.63, 3.8) is 0 Å². The lowest BCUT2D eigenvalue weighted by Gasteiger charge is -2.44. The molecule has 0 aromatic heterocycles. The molecule has 5 rings (SSSR count). The summed E-state index contributed by atoms with van der Waals surface area (Å²) in [6.45, 7) is 3.94. The van der Waals surface area contributed by atoms with Crippen molar-refractivity contribution in [1.29, 1.82) is 0 Å². The molecule has 1 spiro atoms. The Hall–Kier alpha value is -2.29. The Morgan fingerprint density at radius 1 is 1.12 bits per heavy atom. The molecule has 1 aromatic rings. The van der Waals surface area contributed by atoms with Gasteiger partial charge in [0, 0.05) is 31.6 Å². The molecule has 0 radical (unpaired) electrons. The summed E-state index contributed by atoms with van der Waals surface area (Å²) in [5, 5.41) is 9.34. The van der Waals surface area contributed by atoms with Crippen molar-refractivity contribution in [3.8, 4) is 0 Å². The minimum atomic E-state index is -0.578. The zero-order valence-electron chi connectivity index (χ0n) is 18.5. The predicted octanol–water partition coefficient (Wildman–Crippen LogP) is 1.23. The number of rotatable bonds is 5. The van der Waals surface area contributed by atoms with Gasteiger partial charge >= 0.3 is 0 Å². The monoisotopic (exact) mass is 440 g/mol. The van der Waals surface area contributed by atoms with E-state index in [0.29, 0.717) is 25.1 Å². The van der Waals surface area contributed by atoms with E-state index in [4.69, 9.17) is 4.74 Å². The Kier molecular flexibility index (Phi) is 6.01. The summed E-state index contributed by atoms with van der Waals surface area (Å²) in [4.78, 5) is 38.4. The maximum atomic E-state index is 13.0. The highest BCUT2D eigenvalue weighted by molar-refractivity contribution is 6.05. The third-order valence-corrected chi connectivity index (χ3v) is 7.46. The van der Waals surface area contributed by atoms with Crippen LogP contribution in [0.25, 0.3) is 0 Å². The van der Waals surface area contributed by atoms with Crippen LogP contribution in [0.3, 0.4) is 0 Å². The second-order valence-electron chi connectivity index (χ2n) is 9.54.